The minimum absolute atomic E-state index is 0.0159. The number of carbonyl (C=O) groups excluding carboxylic acids is 9. The first-order valence-corrected chi connectivity index (χ1v) is 24.2. The normalized spacial score (nSPS) is 14.2. The molecule has 9 amide bonds. The summed E-state index contributed by atoms with van der Waals surface area (Å²) in [5, 5.41) is 20.3. The van der Waals surface area contributed by atoms with E-state index in [-0.39, 0.29) is 56.6 Å². The lowest BCUT2D eigenvalue weighted by atomic mass is 10.0. The second-order valence-electron chi connectivity index (χ2n) is 17.6. The molecule has 0 aliphatic carbocycles. The van der Waals surface area contributed by atoms with E-state index in [4.69, 9.17) is 22.9 Å². The van der Waals surface area contributed by atoms with Crippen molar-refractivity contribution < 1.29 is 43.2 Å². The van der Waals surface area contributed by atoms with Crippen LogP contribution in [-0.2, 0) is 43.2 Å². The minimum Gasteiger partial charge on any atom is -0.370 e. The molecule has 0 aromatic carbocycles. The van der Waals surface area contributed by atoms with Crippen LogP contribution in [0.5, 0.6) is 0 Å². The molecule has 0 bridgehead atoms. The number of hydrogen-bond donors (Lipinski definition) is 12. The van der Waals surface area contributed by atoms with E-state index in [2.05, 4.69) is 66.6 Å². The lowest BCUT2D eigenvalue weighted by Crippen LogP contribution is -2.58. The van der Waals surface area contributed by atoms with Crippen molar-refractivity contribution >= 4 is 59.1 Å². The summed E-state index contributed by atoms with van der Waals surface area (Å²) >= 11 is 0. The molecule has 0 radical (unpaired) electrons. The number of nitrogens with zero attached hydrogens (tertiary/aromatic N) is 1. The van der Waals surface area contributed by atoms with Crippen LogP contribution < -0.4 is 65.5 Å². The third kappa shape index (κ3) is 29.8. The highest BCUT2D eigenvalue weighted by molar-refractivity contribution is 5.97. The highest BCUT2D eigenvalue weighted by atomic mass is 16.2. The van der Waals surface area contributed by atoms with E-state index in [1.54, 1.807) is 0 Å². The fraction of sp³-hybridized carbons (Fsp3) is 0.739. The number of nitrogens with one attached hydrogen (secondary N) is 8. The molecular weight excluding hydrogens is 879 g/mol. The first-order valence-electron chi connectivity index (χ1n) is 24.2. The van der Waals surface area contributed by atoms with Gasteiger partial charge in [-0.3, -0.25) is 48.1 Å². The molecule has 16 N–H and O–H groups in total. The van der Waals surface area contributed by atoms with Crippen molar-refractivity contribution in [3.63, 3.8) is 0 Å². The lowest BCUT2D eigenvalue weighted by molar-refractivity contribution is -0.135. The quantitative estimate of drug-likeness (QED) is 0.0166. The van der Waals surface area contributed by atoms with E-state index in [0.29, 0.717) is 32.2 Å². The SMILES string of the molecule is CCCC/C=C\CCCCCCCC(=O)NCC(=O)N[C@@H](CC(C)C)C(=O)N[C@@H](C)C(=O)N[C@@H](C)C(=O)N[C@@H](C)C(=O)N[C@@H](C)C(=O)N[C@@H](CCCN=C(N)N)C(=O)N[C@@H](CCCCN)C(N)=O. The molecule has 0 aromatic rings. The number of carbonyl (C=O) groups is 9. The molecule has 22 nitrogen and oxygen atoms in total. The second kappa shape index (κ2) is 36.3. The van der Waals surface area contributed by atoms with E-state index < -0.39 is 89.6 Å². The fourth-order valence-corrected chi connectivity index (χ4v) is 6.56. The molecule has 0 aromatic heterocycles. The number of guanidine groups is 1. The highest BCUT2D eigenvalue weighted by Gasteiger charge is 2.30. The summed E-state index contributed by atoms with van der Waals surface area (Å²) in [6, 6.07) is -7.87. The monoisotopic (exact) mass is 964 g/mol. The van der Waals surface area contributed by atoms with Gasteiger partial charge in [0.1, 0.15) is 42.3 Å². The molecule has 0 spiro atoms. The molecule has 0 aliphatic rings. The summed E-state index contributed by atoms with van der Waals surface area (Å²) in [7, 11) is 0. The van der Waals surface area contributed by atoms with Crippen LogP contribution in [-0.4, -0.2) is 121 Å². The zero-order chi connectivity index (χ0) is 51.6. The molecule has 68 heavy (non-hydrogen) atoms. The van der Waals surface area contributed by atoms with E-state index in [1.807, 2.05) is 13.8 Å². The fourth-order valence-electron chi connectivity index (χ4n) is 6.56. The maximum absolute atomic E-state index is 13.3. The number of nitrogens with two attached hydrogens (primary N) is 4. The number of rotatable bonds is 37. The molecule has 0 unspecified atom stereocenters. The van der Waals surface area contributed by atoms with Crippen LogP contribution in [0.3, 0.4) is 0 Å². The Balaban J connectivity index is 5.13. The molecule has 0 rings (SSSR count). The summed E-state index contributed by atoms with van der Waals surface area (Å²) in [6.07, 6.45) is 16.2. The Morgan fingerprint density at radius 3 is 1.49 bits per heavy atom. The average Bonchev–Trinajstić information content (AvgIpc) is 3.27. The van der Waals surface area contributed by atoms with Gasteiger partial charge in [-0.1, -0.05) is 65.0 Å². The van der Waals surface area contributed by atoms with E-state index >= 15 is 0 Å². The maximum atomic E-state index is 13.3. The van der Waals surface area contributed by atoms with Gasteiger partial charge in [0.25, 0.3) is 0 Å². The van der Waals surface area contributed by atoms with Gasteiger partial charge < -0.3 is 65.5 Å². The first-order chi connectivity index (χ1) is 32.1. The van der Waals surface area contributed by atoms with E-state index in [1.165, 1.54) is 40.5 Å². The van der Waals surface area contributed by atoms with Crippen molar-refractivity contribution in [3.05, 3.63) is 12.2 Å². The van der Waals surface area contributed by atoms with Crippen LogP contribution >= 0.6 is 0 Å². The first kappa shape index (κ1) is 62.2. The Morgan fingerprint density at radius 2 is 0.971 bits per heavy atom. The van der Waals surface area contributed by atoms with Gasteiger partial charge in [-0.25, -0.2) is 0 Å². The summed E-state index contributed by atoms with van der Waals surface area (Å²) in [5.41, 5.74) is 21.8. The number of unbranched alkanes of at least 4 members (excludes halogenated alkanes) is 8. The van der Waals surface area contributed by atoms with Crippen molar-refractivity contribution in [2.24, 2.45) is 33.8 Å². The third-order valence-electron chi connectivity index (χ3n) is 10.7. The summed E-state index contributed by atoms with van der Waals surface area (Å²) in [5.74, 6) is -6.06. The average molecular weight is 964 g/mol. The van der Waals surface area contributed by atoms with Gasteiger partial charge in [0.15, 0.2) is 5.96 Å². The van der Waals surface area contributed by atoms with Crippen molar-refractivity contribution in [3.8, 4) is 0 Å². The number of aliphatic imine (C=N–C) groups is 1. The van der Waals surface area contributed by atoms with Gasteiger partial charge in [-0.05, 0) is 104 Å². The second-order valence-corrected chi connectivity index (χ2v) is 17.6. The molecule has 0 saturated heterocycles. The predicted octanol–water partition coefficient (Wildman–Crippen LogP) is -0.233. The predicted molar refractivity (Wildman–Crippen MR) is 262 cm³/mol. The molecular formula is C46H85N13O9. The van der Waals surface area contributed by atoms with Crippen LogP contribution in [0.4, 0.5) is 0 Å². The van der Waals surface area contributed by atoms with Gasteiger partial charge in [-0.2, -0.15) is 0 Å². The number of hydrogen-bond acceptors (Lipinski definition) is 11. The molecule has 0 aliphatic heterocycles. The Kier molecular flexibility index (Phi) is 33.2. The molecule has 22 heteroatoms. The van der Waals surface area contributed by atoms with Gasteiger partial charge >= 0.3 is 0 Å². The zero-order valence-electron chi connectivity index (χ0n) is 41.6. The van der Waals surface area contributed by atoms with Crippen molar-refractivity contribution in [1.29, 1.82) is 0 Å². The smallest absolute Gasteiger partial charge is 0.243 e. The standard InChI is InChI=1S/C46H85N13O9/c1-8-9-10-11-12-13-14-15-16-17-18-24-37(60)52-28-38(61)57-36(27-29(2)3)45(68)56-32(6)42(65)54-30(4)40(63)53-31(5)41(64)55-33(7)43(66)59-35(23-21-26-51-46(49)50)44(67)58-34(39(48)62)22-19-20-25-47/h11-12,29-36H,8-10,13-28,47H2,1-7H3,(H2,48,62)(H,52,60)(H,53,63)(H,54,65)(H,55,64)(H,56,68)(H,57,61)(H,58,67)(H,59,66)(H4,49,50,51)/b12-11-/t30-,31-,32-,33-,34-,35-,36-/m0/s1. The van der Waals surface area contributed by atoms with Crippen LogP contribution in [0.1, 0.15) is 151 Å². The lowest BCUT2D eigenvalue weighted by Gasteiger charge is -2.25. The van der Waals surface area contributed by atoms with Crippen molar-refractivity contribution in [1.82, 2.24) is 42.5 Å². The Morgan fingerprint density at radius 1 is 0.500 bits per heavy atom. The van der Waals surface area contributed by atoms with Crippen LogP contribution in [0.2, 0.25) is 0 Å². The van der Waals surface area contributed by atoms with Crippen molar-refractivity contribution in [2.75, 3.05) is 19.6 Å². The molecule has 0 fully saturated rings. The van der Waals surface area contributed by atoms with Crippen LogP contribution in [0.25, 0.3) is 0 Å². The van der Waals surface area contributed by atoms with Crippen LogP contribution in [0, 0.1) is 5.92 Å². The van der Waals surface area contributed by atoms with Gasteiger partial charge in [0, 0.05) is 13.0 Å². The molecule has 0 heterocycles. The number of allylic oxidation sites excluding steroid dienone is 2. The summed E-state index contributed by atoms with van der Waals surface area (Å²) in [6.45, 7) is 11.6. The van der Waals surface area contributed by atoms with Gasteiger partial charge in [0.2, 0.25) is 53.2 Å². The number of primary amides is 1. The Hall–Kier alpha value is -5.80. The largest absolute Gasteiger partial charge is 0.370 e. The topological polar surface area (TPSA) is 366 Å². The molecule has 388 valence electrons. The van der Waals surface area contributed by atoms with E-state index in [9.17, 15) is 43.2 Å². The summed E-state index contributed by atoms with van der Waals surface area (Å²) < 4.78 is 0. The van der Waals surface area contributed by atoms with Gasteiger partial charge in [-0.15, -0.1) is 0 Å². The van der Waals surface area contributed by atoms with Crippen molar-refractivity contribution in [2.45, 2.75) is 193 Å². The van der Waals surface area contributed by atoms with Crippen LogP contribution in [0.15, 0.2) is 17.1 Å². The Labute approximate surface area is 403 Å². The Bertz CT molecular complexity index is 1660. The zero-order valence-corrected chi connectivity index (χ0v) is 41.6. The summed E-state index contributed by atoms with van der Waals surface area (Å²) in [4.78, 5) is 120. The molecule has 7 atom stereocenters. The highest BCUT2D eigenvalue weighted by Crippen LogP contribution is 2.10. The number of amides is 9. The maximum Gasteiger partial charge on any atom is 0.243 e. The molecule has 0 saturated carbocycles. The van der Waals surface area contributed by atoms with Gasteiger partial charge in [0.05, 0.1) is 6.54 Å². The third-order valence-corrected chi connectivity index (χ3v) is 10.7. The minimum atomic E-state index is -1.20. The van der Waals surface area contributed by atoms with E-state index in [0.717, 1.165) is 38.5 Å².